The second kappa shape index (κ2) is 8.39. The largest absolute Gasteiger partial charge is 0.357 e. The number of nitrogens with one attached hydrogen (secondary N) is 4. The van der Waals surface area contributed by atoms with E-state index in [2.05, 4.69) is 20.9 Å². The Hall–Kier alpha value is -2.64. The van der Waals surface area contributed by atoms with Gasteiger partial charge in [-0.15, -0.1) is 12.4 Å². The highest BCUT2D eigenvalue weighted by molar-refractivity contribution is 6.34. The molecule has 1 aromatic carbocycles. The van der Waals surface area contributed by atoms with E-state index in [1.165, 1.54) is 12.1 Å². The second-order valence-corrected chi connectivity index (χ2v) is 7.40. The standard InChI is InChI=1S/C21H23FN4O2.ClH/c1-11-18(9-16-15-8-14(22)5-6-17(15)25-21(16)28)24-12(2)19(11)26-20(27)13-4-3-7-23-10-13;/h5-6,8-9,13,23-24H,3-4,7,10H2,1-2H3,(H,25,28)(H,26,27);1H/b16-9-;. The Labute approximate surface area is 174 Å². The average Bonchev–Trinajstić information content (AvgIpc) is 3.13. The molecule has 1 atom stereocenters. The summed E-state index contributed by atoms with van der Waals surface area (Å²) in [6, 6.07) is 4.23. The molecule has 0 aliphatic carbocycles. The minimum atomic E-state index is -0.394. The van der Waals surface area contributed by atoms with Gasteiger partial charge in [-0.25, -0.2) is 4.39 Å². The average molecular weight is 419 g/mol. The van der Waals surface area contributed by atoms with E-state index in [4.69, 9.17) is 0 Å². The van der Waals surface area contributed by atoms with Crippen LogP contribution in [-0.2, 0) is 9.59 Å². The van der Waals surface area contributed by atoms with Gasteiger partial charge in [-0.05, 0) is 63.1 Å². The molecule has 8 heteroatoms. The number of H-pyrrole nitrogens is 1. The number of aromatic nitrogens is 1. The third-order valence-corrected chi connectivity index (χ3v) is 5.45. The Balaban J connectivity index is 0.00000240. The van der Waals surface area contributed by atoms with Crippen LogP contribution in [0.4, 0.5) is 15.8 Å². The van der Waals surface area contributed by atoms with Crippen LogP contribution in [0.25, 0.3) is 11.6 Å². The fourth-order valence-corrected chi connectivity index (χ4v) is 3.85. The summed E-state index contributed by atoms with van der Waals surface area (Å²) in [4.78, 5) is 28.2. The molecule has 2 aliphatic rings. The summed E-state index contributed by atoms with van der Waals surface area (Å²) in [5, 5.41) is 9.03. The fourth-order valence-electron chi connectivity index (χ4n) is 3.85. The van der Waals surface area contributed by atoms with E-state index in [9.17, 15) is 14.0 Å². The van der Waals surface area contributed by atoms with Crippen LogP contribution >= 0.6 is 12.4 Å². The molecule has 6 nitrogen and oxygen atoms in total. The lowest BCUT2D eigenvalue weighted by atomic mass is 9.98. The molecule has 0 radical (unpaired) electrons. The molecule has 1 saturated heterocycles. The first-order chi connectivity index (χ1) is 13.4. The van der Waals surface area contributed by atoms with Crippen molar-refractivity contribution in [1.82, 2.24) is 10.3 Å². The highest BCUT2D eigenvalue weighted by atomic mass is 35.5. The Morgan fingerprint density at radius 2 is 2.10 bits per heavy atom. The van der Waals surface area contributed by atoms with Crippen molar-refractivity contribution < 1.29 is 14.0 Å². The maximum atomic E-state index is 13.6. The van der Waals surface area contributed by atoms with Gasteiger partial charge in [0, 0.05) is 29.2 Å². The Morgan fingerprint density at radius 1 is 1.31 bits per heavy atom. The van der Waals surface area contributed by atoms with Crippen LogP contribution in [0.3, 0.4) is 0 Å². The van der Waals surface area contributed by atoms with Crippen LogP contribution in [0, 0.1) is 25.6 Å². The van der Waals surface area contributed by atoms with Crippen LogP contribution in [-0.4, -0.2) is 29.9 Å². The number of anilines is 2. The summed E-state index contributed by atoms with van der Waals surface area (Å²) in [6.07, 6.45) is 3.58. The lowest BCUT2D eigenvalue weighted by molar-refractivity contribution is -0.120. The summed E-state index contributed by atoms with van der Waals surface area (Å²) >= 11 is 0. The zero-order valence-electron chi connectivity index (χ0n) is 16.3. The van der Waals surface area contributed by atoms with E-state index >= 15 is 0 Å². The predicted octanol–water partition coefficient (Wildman–Crippen LogP) is 3.62. The van der Waals surface area contributed by atoms with Gasteiger partial charge in [-0.3, -0.25) is 9.59 Å². The number of aryl methyl sites for hydroxylation is 1. The van der Waals surface area contributed by atoms with E-state index < -0.39 is 5.82 Å². The lowest BCUT2D eigenvalue weighted by Gasteiger charge is -2.22. The molecule has 1 aromatic heterocycles. The van der Waals surface area contributed by atoms with Gasteiger partial charge in [0.1, 0.15) is 5.82 Å². The number of halogens is 2. The monoisotopic (exact) mass is 418 g/mol. The van der Waals surface area contributed by atoms with Crippen molar-refractivity contribution in [2.24, 2.45) is 5.92 Å². The number of piperidine rings is 1. The Morgan fingerprint density at radius 3 is 2.83 bits per heavy atom. The molecule has 2 aromatic rings. The van der Waals surface area contributed by atoms with E-state index in [1.807, 2.05) is 13.8 Å². The molecule has 4 rings (SSSR count). The summed E-state index contributed by atoms with van der Waals surface area (Å²) < 4.78 is 13.6. The van der Waals surface area contributed by atoms with Crippen LogP contribution < -0.4 is 16.0 Å². The van der Waals surface area contributed by atoms with E-state index in [0.29, 0.717) is 23.4 Å². The molecule has 1 unspecified atom stereocenters. The first-order valence-corrected chi connectivity index (χ1v) is 9.47. The smallest absolute Gasteiger partial charge is 0.256 e. The highest BCUT2D eigenvalue weighted by Crippen LogP contribution is 2.35. The van der Waals surface area contributed by atoms with E-state index in [0.717, 1.165) is 42.0 Å². The number of aromatic amines is 1. The lowest BCUT2D eigenvalue weighted by Crippen LogP contribution is -2.37. The molecular formula is C21H24ClFN4O2. The zero-order chi connectivity index (χ0) is 19.8. The molecule has 1 fully saturated rings. The SMILES string of the molecule is Cc1[nH]c(/C=C2\C(=O)Nc3ccc(F)cc32)c(C)c1NC(=O)C1CCCNC1.Cl. The van der Waals surface area contributed by atoms with Crippen LogP contribution in [0.1, 0.15) is 35.4 Å². The third kappa shape index (κ3) is 4.06. The number of fused-ring (bicyclic) bond motifs is 1. The number of hydrogen-bond donors (Lipinski definition) is 4. The summed E-state index contributed by atoms with van der Waals surface area (Å²) in [7, 11) is 0. The van der Waals surface area contributed by atoms with Crippen molar-refractivity contribution in [3.63, 3.8) is 0 Å². The predicted molar refractivity (Wildman–Crippen MR) is 115 cm³/mol. The number of benzene rings is 1. The van der Waals surface area contributed by atoms with Gasteiger partial charge in [0.05, 0.1) is 17.2 Å². The number of carbonyl (C=O) groups is 2. The minimum absolute atomic E-state index is 0. The van der Waals surface area contributed by atoms with E-state index in [-0.39, 0.29) is 30.1 Å². The Kier molecular flexibility index (Phi) is 6.10. The quantitative estimate of drug-likeness (QED) is 0.574. The van der Waals surface area contributed by atoms with Crippen molar-refractivity contribution in [3.05, 3.63) is 46.5 Å². The minimum Gasteiger partial charge on any atom is -0.357 e. The van der Waals surface area contributed by atoms with Gasteiger partial charge < -0.3 is 20.9 Å². The highest BCUT2D eigenvalue weighted by Gasteiger charge is 2.26. The van der Waals surface area contributed by atoms with Gasteiger partial charge >= 0.3 is 0 Å². The summed E-state index contributed by atoms with van der Waals surface area (Å²) in [6.45, 7) is 5.41. The molecule has 154 valence electrons. The first-order valence-electron chi connectivity index (χ1n) is 9.47. The van der Waals surface area contributed by atoms with Gasteiger partial charge in [-0.1, -0.05) is 0 Å². The third-order valence-electron chi connectivity index (χ3n) is 5.45. The van der Waals surface area contributed by atoms with Crippen molar-refractivity contribution in [3.8, 4) is 0 Å². The number of hydrogen-bond acceptors (Lipinski definition) is 3. The molecule has 4 N–H and O–H groups in total. The second-order valence-electron chi connectivity index (χ2n) is 7.40. The fraction of sp³-hybridized carbons (Fsp3) is 0.333. The molecule has 29 heavy (non-hydrogen) atoms. The van der Waals surface area contributed by atoms with Crippen LogP contribution in [0.2, 0.25) is 0 Å². The molecule has 2 amide bonds. The summed E-state index contributed by atoms with van der Waals surface area (Å²) in [5.41, 5.74) is 4.65. The molecule has 3 heterocycles. The number of carbonyl (C=O) groups excluding carboxylic acids is 2. The topological polar surface area (TPSA) is 86.0 Å². The van der Waals surface area contributed by atoms with Crippen LogP contribution in [0.15, 0.2) is 18.2 Å². The van der Waals surface area contributed by atoms with Crippen molar-refractivity contribution >= 4 is 47.2 Å². The van der Waals surface area contributed by atoms with E-state index in [1.54, 1.807) is 12.1 Å². The van der Waals surface area contributed by atoms with Gasteiger partial charge in [0.25, 0.3) is 5.91 Å². The number of rotatable bonds is 3. The summed E-state index contributed by atoms with van der Waals surface area (Å²) in [5.74, 6) is -0.706. The molecule has 2 aliphatic heterocycles. The molecule has 0 spiro atoms. The van der Waals surface area contributed by atoms with Crippen molar-refractivity contribution in [1.29, 1.82) is 0 Å². The molecular weight excluding hydrogens is 395 g/mol. The maximum absolute atomic E-state index is 13.6. The van der Waals surface area contributed by atoms with Crippen LogP contribution in [0.5, 0.6) is 0 Å². The van der Waals surface area contributed by atoms with Gasteiger partial charge in [0.2, 0.25) is 5.91 Å². The number of amides is 2. The zero-order valence-corrected chi connectivity index (χ0v) is 17.1. The Bertz CT molecular complexity index is 993. The molecule has 0 saturated carbocycles. The molecule has 0 bridgehead atoms. The normalized spacial score (nSPS) is 19.5. The maximum Gasteiger partial charge on any atom is 0.256 e. The van der Waals surface area contributed by atoms with Crippen molar-refractivity contribution in [2.75, 3.05) is 23.7 Å². The van der Waals surface area contributed by atoms with Gasteiger partial charge in [0.15, 0.2) is 0 Å². The van der Waals surface area contributed by atoms with Gasteiger partial charge in [-0.2, -0.15) is 0 Å². The van der Waals surface area contributed by atoms with Crippen molar-refractivity contribution in [2.45, 2.75) is 26.7 Å². The first kappa shape index (κ1) is 21.1.